The van der Waals surface area contributed by atoms with E-state index in [0.29, 0.717) is 28.6 Å². The van der Waals surface area contributed by atoms with Crippen LogP contribution >= 0.6 is 0 Å². The number of piperidine rings is 1. The summed E-state index contributed by atoms with van der Waals surface area (Å²) in [7, 11) is 0. The second-order valence-corrected chi connectivity index (χ2v) is 7.90. The van der Waals surface area contributed by atoms with E-state index in [1.54, 1.807) is 18.2 Å². The zero-order chi connectivity index (χ0) is 20.4. The molecule has 3 aromatic rings. The Labute approximate surface area is 170 Å². The first-order valence-corrected chi connectivity index (χ1v) is 9.92. The summed E-state index contributed by atoms with van der Waals surface area (Å²) in [5, 5.41) is 2.85. The first-order valence-electron chi connectivity index (χ1n) is 9.92. The largest absolute Gasteiger partial charge is 0.338 e. The third kappa shape index (κ3) is 4.11. The van der Waals surface area contributed by atoms with E-state index in [-0.39, 0.29) is 17.5 Å². The molecular formula is C23H24N4O2. The minimum Gasteiger partial charge on any atom is -0.338 e. The van der Waals surface area contributed by atoms with E-state index in [1.807, 2.05) is 35.2 Å². The topological polar surface area (TPSA) is 75.2 Å². The molecule has 1 aromatic heterocycles. The smallest absolute Gasteiger partial charge is 0.275 e. The van der Waals surface area contributed by atoms with Gasteiger partial charge in [0.25, 0.3) is 11.8 Å². The van der Waals surface area contributed by atoms with E-state index in [4.69, 9.17) is 0 Å². The summed E-state index contributed by atoms with van der Waals surface area (Å²) in [6, 6.07) is 14.5. The van der Waals surface area contributed by atoms with E-state index in [2.05, 4.69) is 29.1 Å². The van der Waals surface area contributed by atoms with Gasteiger partial charge in [-0.3, -0.25) is 14.6 Å². The van der Waals surface area contributed by atoms with Crippen molar-refractivity contribution in [2.45, 2.75) is 20.3 Å². The van der Waals surface area contributed by atoms with Gasteiger partial charge in [0.15, 0.2) is 0 Å². The number of likely N-dealkylation sites (tertiary alicyclic amines) is 1. The molecule has 2 aromatic carbocycles. The number of anilines is 1. The molecule has 1 saturated heterocycles. The molecule has 4 rings (SSSR count). The van der Waals surface area contributed by atoms with Crippen molar-refractivity contribution in [3.8, 4) is 0 Å². The van der Waals surface area contributed by atoms with Crippen molar-refractivity contribution < 1.29 is 9.59 Å². The standard InChI is InChI=1S/C23H24N4O2/c1-15-11-16(2)14-27(13-15)23(29)17-7-3-4-8-18(17)26-22(28)21-12-24-19-9-5-6-10-20(19)25-21/h3-10,12,15-16H,11,13-14H2,1-2H3,(H,26,28). The molecule has 1 N–H and O–H groups in total. The maximum atomic E-state index is 13.2. The third-order valence-electron chi connectivity index (χ3n) is 5.24. The van der Waals surface area contributed by atoms with E-state index >= 15 is 0 Å². The van der Waals surface area contributed by atoms with Crippen molar-refractivity contribution >= 4 is 28.5 Å². The Kier molecular flexibility index (Phi) is 5.25. The van der Waals surface area contributed by atoms with Crippen LogP contribution in [0.1, 0.15) is 41.1 Å². The number of nitrogens with one attached hydrogen (secondary N) is 1. The Balaban J connectivity index is 1.57. The molecule has 0 saturated carbocycles. The fraction of sp³-hybridized carbons (Fsp3) is 0.304. The summed E-state index contributed by atoms with van der Waals surface area (Å²) >= 11 is 0. The molecule has 29 heavy (non-hydrogen) atoms. The van der Waals surface area contributed by atoms with Crippen LogP contribution in [0.25, 0.3) is 11.0 Å². The van der Waals surface area contributed by atoms with Crippen LogP contribution < -0.4 is 5.32 Å². The first kappa shape index (κ1) is 19.1. The van der Waals surface area contributed by atoms with Crippen molar-refractivity contribution in [3.05, 3.63) is 66.0 Å². The summed E-state index contributed by atoms with van der Waals surface area (Å²) in [5.74, 6) is 0.502. The Morgan fingerprint density at radius 3 is 2.38 bits per heavy atom. The van der Waals surface area contributed by atoms with Crippen molar-refractivity contribution in [1.82, 2.24) is 14.9 Å². The highest BCUT2D eigenvalue weighted by Crippen LogP contribution is 2.25. The monoisotopic (exact) mass is 388 g/mol. The molecule has 1 aliphatic heterocycles. The molecule has 2 atom stereocenters. The number of rotatable bonds is 3. The van der Waals surface area contributed by atoms with Gasteiger partial charge in [0.2, 0.25) is 0 Å². The lowest BCUT2D eigenvalue weighted by atomic mass is 9.91. The lowest BCUT2D eigenvalue weighted by Crippen LogP contribution is -2.42. The van der Waals surface area contributed by atoms with Crippen LogP contribution in [0.5, 0.6) is 0 Å². The quantitative estimate of drug-likeness (QED) is 0.736. The first-order chi connectivity index (χ1) is 14.0. The second-order valence-electron chi connectivity index (χ2n) is 7.90. The number of carbonyl (C=O) groups is 2. The predicted molar refractivity (Wildman–Crippen MR) is 113 cm³/mol. The highest BCUT2D eigenvalue weighted by molar-refractivity contribution is 6.08. The summed E-state index contributed by atoms with van der Waals surface area (Å²) in [6.45, 7) is 5.81. The summed E-state index contributed by atoms with van der Waals surface area (Å²) in [5.41, 5.74) is 2.58. The van der Waals surface area contributed by atoms with Gasteiger partial charge in [0.1, 0.15) is 5.69 Å². The number of hydrogen-bond acceptors (Lipinski definition) is 4. The summed E-state index contributed by atoms with van der Waals surface area (Å²) in [6.07, 6.45) is 2.58. The summed E-state index contributed by atoms with van der Waals surface area (Å²) in [4.78, 5) is 36.5. The van der Waals surface area contributed by atoms with Crippen molar-refractivity contribution in [3.63, 3.8) is 0 Å². The van der Waals surface area contributed by atoms with E-state index < -0.39 is 0 Å². The normalized spacial score (nSPS) is 19.2. The van der Waals surface area contributed by atoms with Gasteiger partial charge in [-0.2, -0.15) is 0 Å². The third-order valence-corrected chi connectivity index (χ3v) is 5.24. The van der Waals surface area contributed by atoms with Crippen LogP contribution in [0, 0.1) is 11.8 Å². The van der Waals surface area contributed by atoms with Gasteiger partial charge in [-0.25, -0.2) is 4.98 Å². The molecule has 0 radical (unpaired) electrons. The molecule has 0 spiro atoms. The second kappa shape index (κ2) is 7.99. The highest BCUT2D eigenvalue weighted by atomic mass is 16.2. The molecule has 2 unspecified atom stereocenters. The molecule has 148 valence electrons. The molecular weight excluding hydrogens is 364 g/mol. The molecule has 2 heterocycles. The number of benzene rings is 2. The van der Waals surface area contributed by atoms with E-state index in [9.17, 15) is 9.59 Å². The Morgan fingerprint density at radius 2 is 1.62 bits per heavy atom. The minimum atomic E-state index is -0.385. The maximum absolute atomic E-state index is 13.2. The maximum Gasteiger partial charge on any atom is 0.275 e. The zero-order valence-corrected chi connectivity index (χ0v) is 16.6. The van der Waals surface area contributed by atoms with Crippen LogP contribution in [0.2, 0.25) is 0 Å². The number of hydrogen-bond donors (Lipinski definition) is 1. The number of amides is 2. The molecule has 1 fully saturated rings. The van der Waals surface area contributed by atoms with Crippen molar-refractivity contribution in [1.29, 1.82) is 0 Å². The molecule has 6 heteroatoms. The van der Waals surface area contributed by atoms with Crippen LogP contribution in [0.4, 0.5) is 5.69 Å². The Hall–Kier alpha value is -3.28. The number of para-hydroxylation sites is 3. The summed E-state index contributed by atoms with van der Waals surface area (Å²) < 4.78 is 0. The Bertz CT molecular complexity index is 1060. The number of fused-ring (bicyclic) bond motifs is 1. The van der Waals surface area contributed by atoms with Gasteiger partial charge in [0.05, 0.1) is 28.5 Å². The van der Waals surface area contributed by atoms with Crippen LogP contribution in [0.3, 0.4) is 0 Å². The zero-order valence-electron chi connectivity index (χ0n) is 16.6. The van der Waals surface area contributed by atoms with Gasteiger partial charge in [-0.15, -0.1) is 0 Å². The number of nitrogens with zero attached hydrogens (tertiary/aromatic N) is 3. The Morgan fingerprint density at radius 1 is 0.966 bits per heavy atom. The fourth-order valence-electron chi connectivity index (χ4n) is 4.03. The predicted octanol–water partition coefficient (Wildman–Crippen LogP) is 4.00. The lowest BCUT2D eigenvalue weighted by molar-refractivity contribution is 0.0624. The highest BCUT2D eigenvalue weighted by Gasteiger charge is 2.27. The fourth-order valence-corrected chi connectivity index (χ4v) is 4.03. The molecule has 6 nitrogen and oxygen atoms in total. The van der Waals surface area contributed by atoms with Crippen LogP contribution in [0.15, 0.2) is 54.7 Å². The average molecular weight is 388 g/mol. The van der Waals surface area contributed by atoms with Crippen molar-refractivity contribution in [2.75, 3.05) is 18.4 Å². The van der Waals surface area contributed by atoms with Crippen LogP contribution in [-0.2, 0) is 0 Å². The molecule has 0 bridgehead atoms. The molecule has 1 aliphatic rings. The SMILES string of the molecule is CC1CC(C)CN(C(=O)c2ccccc2NC(=O)c2cnc3ccccc3n2)C1. The van der Waals surface area contributed by atoms with E-state index in [1.165, 1.54) is 6.20 Å². The van der Waals surface area contributed by atoms with Crippen molar-refractivity contribution in [2.24, 2.45) is 11.8 Å². The number of aromatic nitrogens is 2. The van der Waals surface area contributed by atoms with Gasteiger partial charge in [0, 0.05) is 13.1 Å². The van der Waals surface area contributed by atoms with E-state index in [0.717, 1.165) is 25.0 Å². The van der Waals surface area contributed by atoms with Gasteiger partial charge in [-0.05, 0) is 42.5 Å². The molecule has 2 amide bonds. The molecule has 0 aliphatic carbocycles. The van der Waals surface area contributed by atoms with Gasteiger partial charge < -0.3 is 10.2 Å². The van der Waals surface area contributed by atoms with Crippen LogP contribution in [-0.4, -0.2) is 39.8 Å². The van der Waals surface area contributed by atoms with Gasteiger partial charge >= 0.3 is 0 Å². The minimum absolute atomic E-state index is 0.0519. The lowest BCUT2D eigenvalue weighted by Gasteiger charge is -2.35. The van der Waals surface area contributed by atoms with Gasteiger partial charge in [-0.1, -0.05) is 38.1 Å². The number of carbonyl (C=O) groups excluding carboxylic acids is 2. The average Bonchev–Trinajstić information content (AvgIpc) is 2.72.